The van der Waals surface area contributed by atoms with Crippen LogP contribution in [0.4, 0.5) is 13.2 Å². The number of rotatable bonds is 4. The minimum absolute atomic E-state index is 0.294. The Bertz CT molecular complexity index is 361. The molecule has 17 heavy (non-hydrogen) atoms. The maximum Gasteiger partial charge on any atom is 0.416 e. The molecule has 0 bridgehead atoms. The van der Waals surface area contributed by atoms with Crippen LogP contribution < -0.4 is 5.32 Å². The lowest BCUT2D eigenvalue weighted by atomic mass is 9.99. The second kappa shape index (κ2) is 5.51. The van der Waals surface area contributed by atoms with Crippen molar-refractivity contribution in [2.75, 3.05) is 27.7 Å². The Labute approximate surface area is 99.4 Å². The van der Waals surface area contributed by atoms with E-state index in [4.69, 9.17) is 0 Å². The van der Waals surface area contributed by atoms with Crippen LogP contribution in [0.2, 0.25) is 0 Å². The number of halogens is 3. The van der Waals surface area contributed by atoms with Crippen molar-refractivity contribution in [2.45, 2.75) is 12.2 Å². The van der Waals surface area contributed by atoms with E-state index in [1.807, 2.05) is 0 Å². The molecule has 0 saturated heterocycles. The predicted octanol–water partition coefficient (Wildman–Crippen LogP) is 2.53. The molecule has 0 radical (unpaired) electrons. The molecule has 0 aromatic heterocycles. The van der Waals surface area contributed by atoms with E-state index in [0.29, 0.717) is 12.1 Å². The summed E-state index contributed by atoms with van der Waals surface area (Å²) in [5.41, 5.74) is -0.256. The van der Waals surface area contributed by atoms with Crippen LogP contribution >= 0.6 is 0 Å². The minimum atomic E-state index is -4.31. The molecule has 0 saturated carbocycles. The average Bonchev–Trinajstić information content (AvgIpc) is 2.24. The molecule has 0 aliphatic rings. The third kappa shape index (κ3) is 3.44. The van der Waals surface area contributed by atoms with Crippen LogP contribution in [0.1, 0.15) is 17.2 Å². The quantitative estimate of drug-likeness (QED) is 0.878. The smallest absolute Gasteiger partial charge is 0.318 e. The van der Waals surface area contributed by atoms with E-state index in [1.54, 1.807) is 32.1 Å². The fourth-order valence-electron chi connectivity index (χ4n) is 1.81. The summed E-state index contributed by atoms with van der Waals surface area (Å²) < 4.78 is 38.6. The number of benzene rings is 1. The summed E-state index contributed by atoms with van der Waals surface area (Å²) in [6.45, 7) is 0.472. The standard InChI is InChI=1S/C12H17F3N2/c1-16-8-11(17(2)3)9-6-4-5-7-10(9)12(13,14)15/h4-7,11,16H,8H2,1-3H3. The fourth-order valence-corrected chi connectivity index (χ4v) is 1.81. The third-order valence-corrected chi connectivity index (χ3v) is 2.65. The van der Waals surface area contributed by atoms with E-state index < -0.39 is 11.7 Å². The van der Waals surface area contributed by atoms with Gasteiger partial charge >= 0.3 is 6.18 Å². The lowest BCUT2D eigenvalue weighted by molar-refractivity contribution is -0.138. The highest BCUT2D eigenvalue weighted by Crippen LogP contribution is 2.35. The summed E-state index contributed by atoms with van der Waals surface area (Å²) in [4.78, 5) is 1.78. The highest BCUT2D eigenvalue weighted by molar-refractivity contribution is 5.32. The monoisotopic (exact) mass is 246 g/mol. The van der Waals surface area contributed by atoms with Crippen LogP contribution in [0.5, 0.6) is 0 Å². The molecule has 1 N–H and O–H groups in total. The second-order valence-corrected chi connectivity index (χ2v) is 4.12. The van der Waals surface area contributed by atoms with E-state index in [9.17, 15) is 13.2 Å². The maximum atomic E-state index is 12.9. The van der Waals surface area contributed by atoms with Gasteiger partial charge in [0.05, 0.1) is 5.56 Å². The molecule has 0 fully saturated rings. The van der Waals surface area contributed by atoms with Crippen LogP contribution in [-0.2, 0) is 6.18 Å². The highest BCUT2D eigenvalue weighted by atomic mass is 19.4. The lowest BCUT2D eigenvalue weighted by Gasteiger charge is -2.27. The van der Waals surface area contributed by atoms with Crippen LogP contribution in [0, 0.1) is 0 Å². The molecule has 1 unspecified atom stereocenters. The van der Waals surface area contributed by atoms with Crippen molar-refractivity contribution >= 4 is 0 Å². The van der Waals surface area contributed by atoms with Crippen molar-refractivity contribution in [1.29, 1.82) is 0 Å². The number of hydrogen-bond acceptors (Lipinski definition) is 2. The van der Waals surface area contributed by atoms with Gasteiger partial charge in [-0.05, 0) is 32.8 Å². The van der Waals surface area contributed by atoms with Gasteiger partial charge in [-0.1, -0.05) is 18.2 Å². The first-order valence-corrected chi connectivity index (χ1v) is 5.35. The molecule has 2 nitrogen and oxygen atoms in total. The van der Waals surface area contributed by atoms with Gasteiger partial charge in [-0.25, -0.2) is 0 Å². The number of likely N-dealkylation sites (N-methyl/N-ethyl adjacent to an activating group) is 2. The Hall–Kier alpha value is -1.07. The SMILES string of the molecule is CNCC(c1ccccc1C(F)(F)F)N(C)C. The third-order valence-electron chi connectivity index (χ3n) is 2.65. The first-order chi connectivity index (χ1) is 7.88. The van der Waals surface area contributed by atoms with Gasteiger partial charge < -0.3 is 10.2 Å². The summed E-state index contributed by atoms with van der Waals surface area (Å²) >= 11 is 0. The van der Waals surface area contributed by atoms with Gasteiger partial charge in [-0.2, -0.15) is 13.2 Å². The molecule has 1 rings (SSSR count). The Morgan fingerprint density at radius 2 is 1.82 bits per heavy atom. The summed E-state index contributed by atoms with van der Waals surface area (Å²) in [6.07, 6.45) is -4.31. The first-order valence-electron chi connectivity index (χ1n) is 5.35. The molecular weight excluding hydrogens is 229 g/mol. The molecular formula is C12H17F3N2. The first kappa shape index (κ1) is 14.0. The lowest BCUT2D eigenvalue weighted by Crippen LogP contribution is -2.31. The molecule has 1 aromatic rings. The van der Waals surface area contributed by atoms with E-state index in [2.05, 4.69) is 5.32 Å². The van der Waals surface area contributed by atoms with Crippen molar-refractivity contribution in [3.8, 4) is 0 Å². The number of hydrogen-bond donors (Lipinski definition) is 1. The zero-order chi connectivity index (χ0) is 13.1. The number of alkyl halides is 3. The predicted molar refractivity (Wildman–Crippen MR) is 61.8 cm³/mol. The largest absolute Gasteiger partial charge is 0.416 e. The van der Waals surface area contributed by atoms with Crippen LogP contribution in [0.15, 0.2) is 24.3 Å². The van der Waals surface area contributed by atoms with Gasteiger partial charge in [0.1, 0.15) is 0 Å². The Kier molecular flexibility index (Phi) is 4.54. The Morgan fingerprint density at radius 1 is 1.24 bits per heavy atom. The molecule has 0 amide bonds. The van der Waals surface area contributed by atoms with Gasteiger partial charge in [0, 0.05) is 12.6 Å². The molecule has 0 aliphatic heterocycles. The van der Waals surface area contributed by atoms with E-state index in [-0.39, 0.29) is 6.04 Å². The summed E-state index contributed by atoms with van der Waals surface area (Å²) in [5.74, 6) is 0. The normalized spacial score (nSPS) is 14.1. The molecule has 0 spiro atoms. The van der Waals surface area contributed by atoms with E-state index >= 15 is 0 Å². The fraction of sp³-hybridized carbons (Fsp3) is 0.500. The molecule has 5 heteroatoms. The Balaban J connectivity index is 3.19. The van der Waals surface area contributed by atoms with E-state index in [0.717, 1.165) is 6.07 Å². The average molecular weight is 246 g/mol. The molecule has 1 atom stereocenters. The van der Waals surface area contributed by atoms with Crippen molar-refractivity contribution < 1.29 is 13.2 Å². The van der Waals surface area contributed by atoms with E-state index in [1.165, 1.54) is 12.1 Å². The van der Waals surface area contributed by atoms with Crippen molar-refractivity contribution in [3.63, 3.8) is 0 Å². The number of nitrogens with one attached hydrogen (secondary N) is 1. The maximum absolute atomic E-state index is 12.9. The van der Waals surface area contributed by atoms with Crippen molar-refractivity contribution in [3.05, 3.63) is 35.4 Å². The van der Waals surface area contributed by atoms with Crippen LogP contribution in [0.3, 0.4) is 0 Å². The molecule has 96 valence electrons. The van der Waals surface area contributed by atoms with Gasteiger partial charge in [0.15, 0.2) is 0 Å². The van der Waals surface area contributed by atoms with Gasteiger partial charge in [0.25, 0.3) is 0 Å². The van der Waals surface area contributed by atoms with Gasteiger partial charge in [0.2, 0.25) is 0 Å². The number of nitrogens with zero attached hydrogens (tertiary/aromatic N) is 1. The van der Waals surface area contributed by atoms with Crippen LogP contribution in [-0.4, -0.2) is 32.6 Å². The second-order valence-electron chi connectivity index (χ2n) is 4.12. The summed E-state index contributed by atoms with van der Waals surface area (Å²) in [6, 6.07) is 5.42. The van der Waals surface area contributed by atoms with Gasteiger partial charge in [-0.15, -0.1) is 0 Å². The van der Waals surface area contributed by atoms with Crippen LogP contribution in [0.25, 0.3) is 0 Å². The topological polar surface area (TPSA) is 15.3 Å². The van der Waals surface area contributed by atoms with Crippen molar-refractivity contribution in [1.82, 2.24) is 10.2 Å². The molecule has 1 aromatic carbocycles. The van der Waals surface area contributed by atoms with Crippen molar-refractivity contribution in [2.24, 2.45) is 0 Å². The molecule has 0 heterocycles. The van der Waals surface area contributed by atoms with Gasteiger partial charge in [-0.3, -0.25) is 0 Å². The zero-order valence-corrected chi connectivity index (χ0v) is 10.2. The Morgan fingerprint density at radius 3 is 2.29 bits per heavy atom. The minimum Gasteiger partial charge on any atom is -0.318 e. The summed E-state index contributed by atoms with van der Waals surface area (Å²) in [7, 11) is 5.27. The molecule has 0 aliphatic carbocycles. The summed E-state index contributed by atoms with van der Waals surface area (Å²) in [5, 5.41) is 2.92. The highest BCUT2D eigenvalue weighted by Gasteiger charge is 2.35. The zero-order valence-electron chi connectivity index (χ0n) is 10.2.